The molecule has 2 aromatic heterocycles. The van der Waals surface area contributed by atoms with E-state index >= 15 is 0 Å². The number of hydrogen-bond acceptors (Lipinski definition) is 8. The van der Waals surface area contributed by atoms with Crippen LogP contribution in [-0.4, -0.2) is 76.2 Å². The van der Waals surface area contributed by atoms with Crippen molar-refractivity contribution < 1.29 is 19.0 Å². The van der Waals surface area contributed by atoms with Crippen LogP contribution in [0.3, 0.4) is 0 Å². The normalized spacial score (nSPS) is 24.7. The summed E-state index contributed by atoms with van der Waals surface area (Å²) in [5.74, 6) is 0.469. The van der Waals surface area contributed by atoms with Crippen LogP contribution < -0.4 is 11.1 Å². The molecule has 0 aromatic carbocycles. The third kappa shape index (κ3) is 5.48. The third-order valence-corrected chi connectivity index (χ3v) is 5.88. The van der Waals surface area contributed by atoms with Crippen molar-refractivity contribution >= 4 is 17.4 Å². The van der Waals surface area contributed by atoms with Gasteiger partial charge in [-0.3, -0.25) is 4.90 Å². The molecule has 4 heterocycles. The predicted molar refractivity (Wildman–Crippen MR) is 119 cm³/mol. The number of nitrogens with one attached hydrogen (secondary N) is 1. The van der Waals surface area contributed by atoms with Crippen molar-refractivity contribution in [1.82, 2.24) is 24.8 Å². The number of anilines is 1. The maximum atomic E-state index is 11.9. The highest BCUT2D eigenvalue weighted by molar-refractivity contribution is 5.67. The second-order valence-corrected chi connectivity index (χ2v) is 9.47. The SMILES string of the molecule is CC(C)(C)OC(=O)NCC[C@@H]1COCCN1C[C@@H]1CC[C@H](c2ccc3c(N)ncnn23)O1. The Morgan fingerprint density at radius 2 is 2.19 bits per heavy atom. The largest absolute Gasteiger partial charge is 0.444 e. The molecule has 10 nitrogen and oxygen atoms in total. The highest BCUT2D eigenvalue weighted by Gasteiger charge is 2.33. The highest BCUT2D eigenvalue weighted by atomic mass is 16.6. The molecule has 0 unspecified atom stereocenters. The Hall–Kier alpha value is -2.43. The zero-order valence-corrected chi connectivity index (χ0v) is 19.1. The summed E-state index contributed by atoms with van der Waals surface area (Å²) in [5, 5.41) is 7.19. The van der Waals surface area contributed by atoms with Gasteiger partial charge in [0.25, 0.3) is 0 Å². The number of nitrogens with zero attached hydrogens (tertiary/aromatic N) is 4. The molecule has 2 aliphatic heterocycles. The smallest absolute Gasteiger partial charge is 0.407 e. The molecule has 176 valence electrons. The van der Waals surface area contributed by atoms with E-state index in [1.807, 2.05) is 37.4 Å². The molecule has 2 fully saturated rings. The van der Waals surface area contributed by atoms with Gasteiger partial charge in [0.05, 0.1) is 25.0 Å². The Labute approximate surface area is 188 Å². The minimum absolute atomic E-state index is 0.00914. The van der Waals surface area contributed by atoms with Crippen LogP contribution in [0.4, 0.5) is 10.6 Å². The molecule has 1 amide bonds. The molecule has 3 atom stereocenters. The first kappa shape index (κ1) is 22.8. The number of amides is 1. The van der Waals surface area contributed by atoms with Gasteiger partial charge in [-0.05, 0) is 52.2 Å². The third-order valence-electron chi connectivity index (χ3n) is 5.88. The lowest BCUT2D eigenvalue weighted by Gasteiger charge is -2.37. The van der Waals surface area contributed by atoms with Gasteiger partial charge in [-0.25, -0.2) is 14.3 Å². The van der Waals surface area contributed by atoms with E-state index < -0.39 is 5.60 Å². The van der Waals surface area contributed by atoms with Gasteiger partial charge in [-0.15, -0.1) is 0 Å². The van der Waals surface area contributed by atoms with Crippen LogP contribution in [0.25, 0.3) is 5.52 Å². The maximum Gasteiger partial charge on any atom is 0.407 e. The molecule has 2 aliphatic rings. The number of ether oxygens (including phenoxy) is 3. The lowest BCUT2D eigenvalue weighted by molar-refractivity contribution is -0.0440. The molecule has 4 rings (SSSR count). The van der Waals surface area contributed by atoms with E-state index in [-0.39, 0.29) is 24.3 Å². The van der Waals surface area contributed by atoms with Crippen molar-refractivity contribution in [2.75, 3.05) is 38.6 Å². The van der Waals surface area contributed by atoms with Crippen molar-refractivity contribution in [3.63, 3.8) is 0 Å². The molecule has 3 N–H and O–H groups in total. The van der Waals surface area contributed by atoms with Gasteiger partial charge in [0, 0.05) is 25.7 Å². The van der Waals surface area contributed by atoms with Crippen LogP contribution in [0.5, 0.6) is 0 Å². The number of nitrogen functional groups attached to an aromatic ring is 1. The summed E-state index contributed by atoms with van der Waals surface area (Å²) in [6, 6.07) is 4.20. The van der Waals surface area contributed by atoms with Crippen LogP contribution in [0.2, 0.25) is 0 Å². The molecular formula is C22H34N6O4. The van der Waals surface area contributed by atoms with E-state index in [9.17, 15) is 4.79 Å². The molecule has 0 saturated carbocycles. The topological polar surface area (TPSA) is 116 Å². The molecule has 10 heteroatoms. The fourth-order valence-electron chi connectivity index (χ4n) is 4.39. The zero-order chi connectivity index (χ0) is 22.7. The van der Waals surface area contributed by atoms with Crippen molar-refractivity contribution in [2.24, 2.45) is 0 Å². The lowest BCUT2D eigenvalue weighted by Crippen LogP contribution is -2.49. The predicted octanol–water partition coefficient (Wildman–Crippen LogP) is 2.15. The number of carbonyl (C=O) groups excluding carboxylic acids is 1. The summed E-state index contributed by atoms with van der Waals surface area (Å²) < 4.78 is 19.2. The van der Waals surface area contributed by atoms with Crippen LogP contribution in [0, 0.1) is 0 Å². The monoisotopic (exact) mass is 446 g/mol. The fourth-order valence-corrected chi connectivity index (χ4v) is 4.39. The van der Waals surface area contributed by atoms with E-state index in [1.54, 1.807) is 0 Å². The lowest BCUT2D eigenvalue weighted by atomic mass is 10.1. The first-order valence-corrected chi connectivity index (χ1v) is 11.3. The average Bonchev–Trinajstić information content (AvgIpc) is 3.35. The molecular weight excluding hydrogens is 412 g/mol. The number of alkyl carbamates (subject to hydrolysis) is 1. The van der Waals surface area contributed by atoms with Crippen LogP contribution in [0.15, 0.2) is 18.5 Å². The summed E-state index contributed by atoms with van der Waals surface area (Å²) in [5.41, 5.74) is 7.28. The number of rotatable bonds is 6. The Bertz CT molecular complexity index is 927. The van der Waals surface area contributed by atoms with Gasteiger partial charge < -0.3 is 25.3 Å². The number of hydrogen-bond donors (Lipinski definition) is 2. The minimum atomic E-state index is -0.497. The van der Waals surface area contributed by atoms with E-state index in [1.165, 1.54) is 6.33 Å². The van der Waals surface area contributed by atoms with E-state index in [0.29, 0.717) is 25.6 Å². The molecule has 0 spiro atoms. The van der Waals surface area contributed by atoms with Crippen LogP contribution in [0.1, 0.15) is 51.8 Å². The van der Waals surface area contributed by atoms with E-state index in [0.717, 1.165) is 43.6 Å². The number of nitrogens with two attached hydrogens (primary N) is 1. The maximum absolute atomic E-state index is 11.9. The first-order valence-electron chi connectivity index (χ1n) is 11.3. The fraction of sp³-hybridized carbons (Fsp3) is 0.682. The zero-order valence-electron chi connectivity index (χ0n) is 19.1. The highest BCUT2D eigenvalue weighted by Crippen LogP contribution is 2.34. The van der Waals surface area contributed by atoms with Crippen molar-refractivity contribution in [3.8, 4) is 0 Å². The Morgan fingerprint density at radius 1 is 1.34 bits per heavy atom. The van der Waals surface area contributed by atoms with Gasteiger partial charge in [0.2, 0.25) is 0 Å². The number of fused-ring (bicyclic) bond motifs is 1. The number of carbonyl (C=O) groups is 1. The van der Waals surface area contributed by atoms with Crippen LogP contribution in [-0.2, 0) is 14.2 Å². The minimum Gasteiger partial charge on any atom is -0.444 e. The second-order valence-electron chi connectivity index (χ2n) is 9.47. The number of aromatic nitrogens is 3. The molecule has 0 bridgehead atoms. The van der Waals surface area contributed by atoms with Crippen molar-refractivity contribution in [2.45, 2.75) is 63.9 Å². The Morgan fingerprint density at radius 3 is 3.00 bits per heavy atom. The summed E-state index contributed by atoms with van der Waals surface area (Å²) in [7, 11) is 0. The first-order chi connectivity index (χ1) is 15.3. The van der Waals surface area contributed by atoms with Gasteiger partial charge in [-0.2, -0.15) is 5.10 Å². The van der Waals surface area contributed by atoms with Crippen molar-refractivity contribution in [1.29, 1.82) is 0 Å². The summed E-state index contributed by atoms with van der Waals surface area (Å²) in [6.45, 7) is 9.20. The Balaban J connectivity index is 1.30. The van der Waals surface area contributed by atoms with Crippen molar-refractivity contribution in [3.05, 3.63) is 24.2 Å². The molecule has 32 heavy (non-hydrogen) atoms. The summed E-state index contributed by atoms with van der Waals surface area (Å²) >= 11 is 0. The van der Waals surface area contributed by atoms with Gasteiger partial charge in [0.1, 0.15) is 23.5 Å². The summed E-state index contributed by atoms with van der Waals surface area (Å²) in [6.07, 6.45) is 3.95. The quantitative estimate of drug-likeness (QED) is 0.693. The number of morpholine rings is 1. The van der Waals surface area contributed by atoms with Crippen LogP contribution >= 0.6 is 0 Å². The molecule has 2 saturated heterocycles. The van der Waals surface area contributed by atoms with Gasteiger partial charge >= 0.3 is 6.09 Å². The Kier molecular flexibility index (Phi) is 6.82. The van der Waals surface area contributed by atoms with E-state index in [2.05, 4.69) is 20.3 Å². The molecule has 0 radical (unpaired) electrons. The molecule has 0 aliphatic carbocycles. The van der Waals surface area contributed by atoms with Gasteiger partial charge in [0.15, 0.2) is 5.82 Å². The average molecular weight is 447 g/mol. The van der Waals surface area contributed by atoms with Gasteiger partial charge in [-0.1, -0.05) is 0 Å². The second kappa shape index (κ2) is 9.60. The van der Waals surface area contributed by atoms with E-state index in [4.69, 9.17) is 19.9 Å². The summed E-state index contributed by atoms with van der Waals surface area (Å²) in [4.78, 5) is 18.4. The molecule has 2 aromatic rings. The standard InChI is InChI=1S/C22H34N6O4/c1-22(2,3)32-21(29)24-9-8-15-13-30-11-10-27(15)12-16-4-7-19(31-16)17-5-6-18-20(23)25-14-26-28(17)18/h5-6,14-16,19H,4,7-13H2,1-3H3,(H,24,29)(H2,23,25,26)/t15-,16+,19-/m1/s1.